The third kappa shape index (κ3) is 3.16. The van der Waals surface area contributed by atoms with E-state index in [1.54, 1.807) is 19.4 Å². The molecule has 20 heavy (non-hydrogen) atoms. The number of carbonyl (C=O) groups is 1. The lowest BCUT2D eigenvalue weighted by Gasteiger charge is -2.19. The molecule has 2 heterocycles. The number of ether oxygens (including phenoxy) is 1. The first-order valence-electron chi connectivity index (χ1n) is 6.38. The monoisotopic (exact) mass is 294 g/mol. The smallest absolute Gasteiger partial charge is 0.317 e. The van der Waals surface area contributed by atoms with Gasteiger partial charge >= 0.3 is 5.97 Å². The van der Waals surface area contributed by atoms with Crippen molar-refractivity contribution in [1.29, 1.82) is 0 Å². The van der Waals surface area contributed by atoms with Crippen LogP contribution in [-0.4, -0.2) is 27.5 Å². The average molecular weight is 294 g/mol. The second-order valence-corrected chi connectivity index (χ2v) is 5.67. The highest BCUT2D eigenvalue weighted by atomic mass is 32.1. The van der Waals surface area contributed by atoms with Crippen LogP contribution < -0.4 is 5.32 Å². The Morgan fingerprint density at radius 2 is 2.35 bits per heavy atom. The quantitative estimate of drug-likeness (QED) is 0.799. The highest BCUT2D eigenvalue weighted by Gasteiger charge is 2.33. The van der Waals surface area contributed by atoms with Gasteiger partial charge in [-0.1, -0.05) is 0 Å². The molecule has 0 spiro atoms. The summed E-state index contributed by atoms with van der Waals surface area (Å²) in [5.41, 5.74) is 0.958. The third-order valence-corrected chi connectivity index (χ3v) is 3.72. The van der Waals surface area contributed by atoms with Crippen molar-refractivity contribution in [1.82, 2.24) is 15.0 Å². The molecule has 0 atom stereocenters. The van der Waals surface area contributed by atoms with Gasteiger partial charge < -0.3 is 15.0 Å². The van der Waals surface area contributed by atoms with Crippen molar-refractivity contribution in [3.63, 3.8) is 0 Å². The Kier molecular flexibility index (Phi) is 4.39. The van der Waals surface area contributed by atoms with Crippen LogP contribution in [0.15, 0.2) is 17.9 Å². The van der Waals surface area contributed by atoms with Crippen LogP contribution in [0.25, 0.3) is 0 Å². The van der Waals surface area contributed by atoms with Crippen LogP contribution in [0, 0.1) is 0 Å². The summed E-state index contributed by atoms with van der Waals surface area (Å²) in [6.45, 7) is 6.42. The van der Waals surface area contributed by atoms with Gasteiger partial charge in [0.25, 0.3) is 0 Å². The summed E-state index contributed by atoms with van der Waals surface area (Å²) < 4.78 is 5.08. The van der Waals surface area contributed by atoms with Crippen LogP contribution in [0.5, 0.6) is 0 Å². The molecule has 6 nitrogen and oxygen atoms in total. The zero-order chi connectivity index (χ0) is 14.6. The van der Waals surface area contributed by atoms with E-state index in [1.807, 2.05) is 19.2 Å². The Hall–Kier alpha value is -1.89. The van der Waals surface area contributed by atoms with Crippen molar-refractivity contribution in [2.24, 2.45) is 0 Å². The van der Waals surface area contributed by atoms with Gasteiger partial charge in [0, 0.05) is 11.6 Å². The number of thiazole rings is 1. The molecule has 0 saturated heterocycles. The van der Waals surface area contributed by atoms with Gasteiger partial charge in [-0.2, -0.15) is 0 Å². The number of anilines is 1. The highest BCUT2D eigenvalue weighted by molar-refractivity contribution is 7.13. The van der Waals surface area contributed by atoms with Crippen LogP contribution in [0.1, 0.15) is 32.2 Å². The van der Waals surface area contributed by atoms with Gasteiger partial charge in [-0.15, -0.1) is 11.3 Å². The molecule has 108 valence electrons. The normalized spacial score (nSPS) is 11.3. The van der Waals surface area contributed by atoms with E-state index in [-0.39, 0.29) is 5.97 Å². The average Bonchev–Trinajstić information content (AvgIpc) is 3.08. The fourth-order valence-electron chi connectivity index (χ4n) is 1.61. The molecule has 2 aromatic rings. The van der Waals surface area contributed by atoms with Crippen LogP contribution in [0.4, 0.5) is 5.13 Å². The number of H-pyrrole nitrogens is 1. The zero-order valence-corrected chi connectivity index (χ0v) is 12.6. The van der Waals surface area contributed by atoms with E-state index in [2.05, 4.69) is 20.3 Å². The highest BCUT2D eigenvalue weighted by Crippen LogP contribution is 2.28. The van der Waals surface area contributed by atoms with Gasteiger partial charge in [-0.25, -0.2) is 9.97 Å². The van der Waals surface area contributed by atoms with Crippen LogP contribution in [0.2, 0.25) is 0 Å². The van der Waals surface area contributed by atoms with E-state index in [9.17, 15) is 4.79 Å². The molecule has 0 aliphatic heterocycles. The number of esters is 1. The van der Waals surface area contributed by atoms with E-state index in [4.69, 9.17) is 4.74 Å². The summed E-state index contributed by atoms with van der Waals surface area (Å²) >= 11 is 1.47. The molecular formula is C13H18N4O2S. The minimum Gasteiger partial charge on any atom is -0.465 e. The molecule has 0 aliphatic carbocycles. The summed E-state index contributed by atoms with van der Waals surface area (Å²) in [4.78, 5) is 23.3. The van der Waals surface area contributed by atoms with Gasteiger partial charge in [0.2, 0.25) is 0 Å². The van der Waals surface area contributed by atoms with Gasteiger partial charge in [-0.3, -0.25) is 4.79 Å². The number of aromatic nitrogens is 3. The van der Waals surface area contributed by atoms with Crippen LogP contribution >= 0.6 is 11.3 Å². The number of nitrogens with one attached hydrogen (secondary N) is 2. The van der Waals surface area contributed by atoms with Crippen molar-refractivity contribution in [3.8, 4) is 0 Å². The first kappa shape index (κ1) is 14.5. The summed E-state index contributed by atoms with van der Waals surface area (Å²) in [6, 6.07) is 0. The first-order valence-corrected chi connectivity index (χ1v) is 7.26. The minimum atomic E-state index is -0.736. The number of imidazole rings is 1. The lowest BCUT2D eigenvalue weighted by Crippen LogP contribution is -2.31. The lowest BCUT2D eigenvalue weighted by molar-refractivity contribution is -0.148. The van der Waals surface area contributed by atoms with Crippen molar-refractivity contribution in [2.75, 3.05) is 11.9 Å². The van der Waals surface area contributed by atoms with Crippen molar-refractivity contribution in [2.45, 2.75) is 32.7 Å². The number of hydrogen-bond donors (Lipinski definition) is 2. The molecule has 0 fully saturated rings. The lowest BCUT2D eigenvalue weighted by atomic mass is 9.90. The molecule has 0 radical (unpaired) electrons. The molecule has 0 aliphatic rings. The van der Waals surface area contributed by atoms with Crippen molar-refractivity contribution in [3.05, 3.63) is 29.3 Å². The van der Waals surface area contributed by atoms with Gasteiger partial charge in [-0.05, 0) is 20.8 Å². The number of nitrogens with zero attached hydrogens (tertiary/aromatic N) is 2. The molecule has 7 heteroatoms. The van der Waals surface area contributed by atoms with E-state index in [0.29, 0.717) is 18.8 Å². The van der Waals surface area contributed by atoms with Crippen LogP contribution in [-0.2, 0) is 21.5 Å². The van der Waals surface area contributed by atoms with E-state index in [0.717, 1.165) is 10.8 Å². The molecule has 0 bridgehead atoms. The Morgan fingerprint density at radius 3 is 3.00 bits per heavy atom. The predicted molar refractivity (Wildman–Crippen MR) is 77.7 cm³/mol. The Labute approximate surface area is 121 Å². The maximum atomic E-state index is 11.9. The molecule has 0 amide bonds. The molecule has 2 rings (SSSR count). The summed E-state index contributed by atoms with van der Waals surface area (Å²) in [5.74, 6) is -0.259. The molecule has 0 unspecified atom stereocenters. The first-order chi connectivity index (χ1) is 9.54. The van der Waals surface area contributed by atoms with Gasteiger partial charge in [0.05, 0.1) is 30.9 Å². The zero-order valence-electron chi connectivity index (χ0n) is 11.8. The second kappa shape index (κ2) is 6.04. The number of aromatic amines is 1. The number of carbonyl (C=O) groups excluding carboxylic acids is 1. The second-order valence-electron chi connectivity index (χ2n) is 4.81. The SMILES string of the molecule is CCOC(=O)C(C)(C)c1csc(NCc2cnc[nH]2)n1. The largest absolute Gasteiger partial charge is 0.465 e. The van der Waals surface area contributed by atoms with Gasteiger partial charge in [0.1, 0.15) is 5.41 Å². The fourth-order valence-corrected chi connectivity index (χ4v) is 2.49. The maximum absolute atomic E-state index is 11.9. The molecule has 0 saturated carbocycles. The third-order valence-electron chi connectivity index (χ3n) is 2.92. The Balaban J connectivity index is 2.02. The summed E-state index contributed by atoms with van der Waals surface area (Å²) in [6.07, 6.45) is 3.39. The Morgan fingerprint density at radius 1 is 1.55 bits per heavy atom. The molecule has 2 N–H and O–H groups in total. The summed E-state index contributed by atoms with van der Waals surface area (Å²) in [7, 11) is 0. The number of rotatable bonds is 6. The van der Waals surface area contributed by atoms with E-state index in [1.165, 1.54) is 11.3 Å². The predicted octanol–water partition coefficient (Wildman–Crippen LogP) is 2.32. The van der Waals surface area contributed by atoms with E-state index < -0.39 is 5.41 Å². The molecule has 0 aromatic carbocycles. The number of hydrogen-bond acceptors (Lipinski definition) is 6. The Bertz CT molecular complexity index is 563. The van der Waals surface area contributed by atoms with Crippen LogP contribution in [0.3, 0.4) is 0 Å². The van der Waals surface area contributed by atoms with Crippen molar-refractivity contribution >= 4 is 22.4 Å². The van der Waals surface area contributed by atoms with Gasteiger partial charge in [0.15, 0.2) is 5.13 Å². The maximum Gasteiger partial charge on any atom is 0.317 e. The fraction of sp³-hybridized carbons (Fsp3) is 0.462. The molecular weight excluding hydrogens is 276 g/mol. The minimum absolute atomic E-state index is 0.259. The molecule has 2 aromatic heterocycles. The van der Waals surface area contributed by atoms with Crippen molar-refractivity contribution < 1.29 is 9.53 Å². The summed E-state index contributed by atoms with van der Waals surface area (Å²) in [5, 5.41) is 5.85. The standard InChI is InChI=1S/C13H18N4O2S/c1-4-19-11(18)13(2,3)10-7-20-12(17-10)15-6-9-5-14-8-16-9/h5,7-8H,4,6H2,1-3H3,(H,14,16)(H,15,17). The van der Waals surface area contributed by atoms with E-state index >= 15 is 0 Å². The topological polar surface area (TPSA) is 79.9 Å².